The van der Waals surface area contributed by atoms with Crippen molar-refractivity contribution in [3.63, 3.8) is 0 Å². The summed E-state index contributed by atoms with van der Waals surface area (Å²) in [7, 11) is 1.37. The smallest absolute Gasteiger partial charge is 0.194 e. The number of halogens is 4. The van der Waals surface area contributed by atoms with Crippen LogP contribution in [0.15, 0.2) is 42.7 Å². The topological polar surface area (TPSA) is 131 Å². The lowest BCUT2D eigenvalue weighted by Crippen LogP contribution is -2.56. The number of aromatic nitrogens is 5. The highest BCUT2D eigenvalue weighted by Gasteiger charge is 2.50. The van der Waals surface area contributed by atoms with Gasteiger partial charge in [0.1, 0.15) is 42.4 Å². The first-order valence-corrected chi connectivity index (χ1v) is 12.8. The third kappa shape index (κ3) is 5.20. The molecule has 14 heteroatoms. The maximum Gasteiger partial charge on any atom is 0.194 e. The standard InChI is InChI=1S/C27H24ClF3N6O4/c1-12(38)24-25(40-3)22(36-11-16(10-33-36)15-6-18(29)21(31)19(30)7-15)23(39)26(41-24)27-34-13(2)35-37(27)20-8-17(28)5-4-14(20)9-32/h4-8,10-12,22-26,38-39H,1-3H3/t12?,22?,23?,24?,25-,26-/m1/s1. The monoisotopic (exact) mass is 588 g/mol. The summed E-state index contributed by atoms with van der Waals surface area (Å²) in [5.41, 5.74) is 0.789. The number of aryl methyl sites for hydroxylation is 1. The van der Waals surface area contributed by atoms with Crippen LogP contribution in [0.4, 0.5) is 13.2 Å². The highest BCUT2D eigenvalue weighted by atomic mass is 35.5. The summed E-state index contributed by atoms with van der Waals surface area (Å²) in [5, 5.41) is 41.1. The quantitative estimate of drug-likeness (QED) is 0.325. The van der Waals surface area contributed by atoms with Crippen molar-refractivity contribution >= 4 is 11.6 Å². The molecule has 0 amide bonds. The number of methoxy groups -OCH3 is 1. The van der Waals surface area contributed by atoms with Crippen LogP contribution in [0.5, 0.6) is 0 Å². The predicted molar refractivity (Wildman–Crippen MR) is 138 cm³/mol. The zero-order valence-electron chi connectivity index (χ0n) is 21.9. The Morgan fingerprint density at radius 2 is 1.88 bits per heavy atom. The number of benzene rings is 2. The van der Waals surface area contributed by atoms with E-state index in [1.807, 2.05) is 0 Å². The maximum absolute atomic E-state index is 13.9. The number of aliphatic hydroxyl groups excluding tert-OH is 2. The predicted octanol–water partition coefficient (Wildman–Crippen LogP) is 3.82. The Bertz CT molecular complexity index is 1610. The molecule has 41 heavy (non-hydrogen) atoms. The number of nitrogens with zero attached hydrogens (tertiary/aromatic N) is 6. The van der Waals surface area contributed by atoms with Crippen LogP contribution in [0.25, 0.3) is 16.8 Å². The Balaban J connectivity index is 1.61. The lowest BCUT2D eigenvalue weighted by atomic mass is 9.89. The van der Waals surface area contributed by atoms with Gasteiger partial charge in [-0.25, -0.2) is 22.8 Å². The van der Waals surface area contributed by atoms with Crippen molar-refractivity contribution in [2.75, 3.05) is 7.11 Å². The molecular formula is C27H24ClF3N6O4. The summed E-state index contributed by atoms with van der Waals surface area (Å²) in [5.74, 6) is -3.90. The van der Waals surface area contributed by atoms with Crippen molar-refractivity contribution in [1.29, 1.82) is 5.26 Å². The van der Waals surface area contributed by atoms with Gasteiger partial charge < -0.3 is 19.7 Å². The minimum atomic E-state index is -1.60. The van der Waals surface area contributed by atoms with Gasteiger partial charge >= 0.3 is 0 Å². The summed E-state index contributed by atoms with van der Waals surface area (Å²) >= 11 is 6.20. The molecule has 4 aromatic rings. The Kier molecular flexibility index (Phi) is 7.87. The van der Waals surface area contributed by atoms with Gasteiger partial charge in [-0.1, -0.05) is 11.6 Å². The molecule has 3 heterocycles. The molecule has 0 radical (unpaired) electrons. The first kappa shape index (κ1) is 28.7. The van der Waals surface area contributed by atoms with Crippen LogP contribution in [-0.4, -0.2) is 66.3 Å². The molecule has 5 rings (SSSR count). The molecule has 2 aromatic carbocycles. The van der Waals surface area contributed by atoms with Gasteiger partial charge in [-0.3, -0.25) is 4.68 Å². The van der Waals surface area contributed by atoms with Crippen molar-refractivity contribution in [2.24, 2.45) is 0 Å². The van der Waals surface area contributed by atoms with E-state index < -0.39 is 54.0 Å². The van der Waals surface area contributed by atoms with Gasteiger partial charge in [0.2, 0.25) is 0 Å². The molecule has 4 unspecified atom stereocenters. The zero-order chi connectivity index (χ0) is 29.6. The third-order valence-electron chi connectivity index (χ3n) is 6.90. The molecule has 10 nitrogen and oxygen atoms in total. The molecule has 0 saturated carbocycles. The van der Waals surface area contributed by atoms with Crippen LogP contribution < -0.4 is 0 Å². The number of ether oxygens (including phenoxy) is 2. The van der Waals surface area contributed by atoms with E-state index in [1.54, 1.807) is 13.0 Å². The minimum absolute atomic E-state index is 0.0205. The lowest BCUT2D eigenvalue weighted by molar-refractivity contribution is -0.230. The summed E-state index contributed by atoms with van der Waals surface area (Å²) in [6.45, 7) is 3.11. The lowest BCUT2D eigenvalue weighted by Gasteiger charge is -2.44. The van der Waals surface area contributed by atoms with E-state index in [0.29, 0.717) is 16.5 Å². The molecule has 1 aliphatic heterocycles. The first-order chi connectivity index (χ1) is 19.5. The van der Waals surface area contributed by atoms with Crippen LogP contribution in [-0.2, 0) is 9.47 Å². The molecule has 0 spiro atoms. The van der Waals surface area contributed by atoms with E-state index in [0.717, 1.165) is 12.1 Å². The molecular weight excluding hydrogens is 565 g/mol. The van der Waals surface area contributed by atoms with E-state index >= 15 is 0 Å². The number of nitriles is 1. The maximum atomic E-state index is 13.9. The minimum Gasteiger partial charge on any atom is -0.391 e. The Labute approximate surface area is 237 Å². The van der Waals surface area contributed by atoms with Crippen molar-refractivity contribution in [1.82, 2.24) is 24.5 Å². The van der Waals surface area contributed by atoms with Gasteiger partial charge in [0.15, 0.2) is 23.3 Å². The van der Waals surface area contributed by atoms with Crippen LogP contribution in [0, 0.1) is 35.7 Å². The largest absolute Gasteiger partial charge is 0.391 e. The molecule has 6 atom stereocenters. The average Bonchev–Trinajstić information content (AvgIpc) is 3.57. The fraction of sp³-hybridized carbons (Fsp3) is 0.333. The van der Waals surface area contributed by atoms with Gasteiger partial charge in [-0.05, 0) is 49.7 Å². The molecule has 2 N–H and O–H groups in total. The van der Waals surface area contributed by atoms with Crippen molar-refractivity contribution in [3.05, 3.63) is 82.4 Å². The summed E-state index contributed by atoms with van der Waals surface area (Å²) in [4.78, 5) is 4.46. The van der Waals surface area contributed by atoms with E-state index in [4.69, 9.17) is 21.1 Å². The third-order valence-corrected chi connectivity index (χ3v) is 7.13. The Hall–Kier alpha value is -3.80. The van der Waals surface area contributed by atoms with E-state index in [2.05, 4.69) is 21.3 Å². The average molecular weight is 589 g/mol. The Morgan fingerprint density at radius 1 is 1.17 bits per heavy atom. The van der Waals surface area contributed by atoms with Crippen LogP contribution >= 0.6 is 11.6 Å². The highest BCUT2D eigenvalue weighted by Crippen LogP contribution is 2.41. The highest BCUT2D eigenvalue weighted by molar-refractivity contribution is 6.30. The Morgan fingerprint density at radius 3 is 2.51 bits per heavy atom. The number of rotatable bonds is 6. The molecule has 0 aliphatic carbocycles. The zero-order valence-corrected chi connectivity index (χ0v) is 22.7. The van der Waals surface area contributed by atoms with Crippen molar-refractivity contribution in [2.45, 2.75) is 50.4 Å². The fourth-order valence-corrected chi connectivity index (χ4v) is 5.18. The molecule has 1 saturated heterocycles. The summed E-state index contributed by atoms with van der Waals surface area (Å²) in [6, 6.07) is 7.32. The van der Waals surface area contributed by atoms with Gasteiger partial charge in [-0.2, -0.15) is 15.5 Å². The van der Waals surface area contributed by atoms with Crippen LogP contribution in [0.3, 0.4) is 0 Å². The summed E-state index contributed by atoms with van der Waals surface area (Å²) < 4.78 is 55.8. The van der Waals surface area contributed by atoms with E-state index in [9.17, 15) is 28.6 Å². The van der Waals surface area contributed by atoms with Crippen molar-refractivity contribution in [3.8, 4) is 22.9 Å². The SMILES string of the molecule is CO[C@H]1C(C(C)O)O[C@@H](c2nc(C)nn2-c2cc(Cl)ccc2C#N)C(O)C1n1cc(-c2cc(F)c(F)c(F)c2)cn1. The molecule has 1 aliphatic rings. The van der Waals surface area contributed by atoms with Gasteiger partial charge in [0, 0.05) is 23.9 Å². The molecule has 214 valence electrons. The van der Waals surface area contributed by atoms with E-state index in [1.165, 1.54) is 47.9 Å². The second kappa shape index (κ2) is 11.2. The van der Waals surface area contributed by atoms with Crippen LogP contribution in [0.1, 0.15) is 36.3 Å². The molecule has 2 aromatic heterocycles. The second-order valence-electron chi connectivity index (χ2n) is 9.61. The molecule has 0 bridgehead atoms. The van der Waals surface area contributed by atoms with Gasteiger partial charge in [-0.15, -0.1) is 0 Å². The number of aliphatic hydroxyl groups is 2. The van der Waals surface area contributed by atoms with Crippen molar-refractivity contribution < 1.29 is 32.9 Å². The number of hydrogen-bond acceptors (Lipinski definition) is 8. The summed E-state index contributed by atoms with van der Waals surface area (Å²) in [6.07, 6.45) is -2.98. The number of hydrogen-bond donors (Lipinski definition) is 2. The first-order valence-electron chi connectivity index (χ1n) is 12.4. The fourth-order valence-electron chi connectivity index (χ4n) is 5.02. The van der Waals surface area contributed by atoms with E-state index in [-0.39, 0.29) is 22.5 Å². The normalized spacial score (nSPS) is 23.4. The second-order valence-corrected chi connectivity index (χ2v) is 10.0. The van der Waals surface area contributed by atoms with Crippen LogP contribution in [0.2, 0.25) is 5.02 Å². The van der Waals surface area contributed by atoms with Gasteiger partial charge in [0.25, 0.3) is 0 Å². The molecule has 1 fully saturated rings. The van der Waals surface area contributed by atoms with Gasteiger partial charge in [0.05, 0.1) is 23.6 Å².